The van der Waals surface area contributed by atoms with E-state index in [9.17, 15) is 9.59 Å². The number of ether oxygens (including phenoxy) is 1. The van der Waals surface area contributed by atoms with Crippen LogP contribution in [0.15, 0.2) is 41.3 Å². The predicted octanol–water partition coefficient (Wildman–Crippen LogP) is 2.95. The summed E-state index contributed by atoms with van der Waals surface area (Å²) in [6.07, 6.45) is 1.69. The molecule has 0 saturated heterocycles. The van der Waals surface area contributed by atoms with Gasteiger partial charge in [-0.1, -0.05) is 0 Å². The van der Waals surface area contributed by atoms with Gasteiger partial charge >= 0.3 is 0 Å². The lowest BCUT2D eigenvalue weighted by Crippen LogP contribution is -2.26. The lowest BCUT2D eigenvalue weighted by atomic mass is 10.1. The van der Waals surface area contributed by atoms with Crippen molar-refractivity contribution in [2.45, 2.75) is 6.54 Å². The average Bonchev–Trinajstić information content (AvgIpc) is 2.44. The summed E-state index contributed by atoms with van der Waals surface area (Å²) in [4.78, 5) is 24.2. The molecule has 1 heterocycles. The summed E-state index contributed by atoms with van der Waals surface area (Å²) < 4.78 is 8.02. The number of pyridine rings is 1. The highest BCUT2D eigenvalue weighted by atomic mass is 127. The van der Waals surface area contributed by atoms with Crippen LogP contribution in [0.2, 0.25) is 0 Å². The van der Waals surface area contributed by atoms with E-state index >= 15 is 0 Å². The van der Waals surface area contributed by atoms with Crippen LogP contribution in [0.3, 0.4) is 0 Å². The highest BCUT2D eigenvalue weighted by molar-refractivity contribution is 14.1. The fourth-order valence-electron chi connectivity index (χ4n) is 1.71. The fourth-order valence-corrected chi connectivity index (χ4v) is 3.59. The quantitative estimate of drug-likeness (QED) is 0.485. The average molecular weight is 495 g/mol. The Kier molecular flexibility index (Phi) is 5.19. The maximum atomic E-state index is 12.2. The molecule has 0 aliphatic carbocycles. The normalized spacial score (nSPS) is 10.3. The van der Waals surface area contributed by atoms with Crippen molar-refractivity contribution in [2.24, 2.45) is 0 Å². The molecule has 104 valence electrons. The van der Waals surface area contributed by atoms with Crippen molar-refractivity contribution in [1.29, 1.82) is 0 Å². The number of carbonyl (C=O) groups excluding carboxylic acids is 1. The van der Waals surface area contributed by atoms with Gasteiger partial charge in [0.05, 0.1) is 17.2 Å². The first-order valence-electron chi connectivity index (χ1n) is 5.74. The van der Waals surface area contributed by atoms with Crippen molar-refractivity contribution in [2.75, 3.05) is 7.11 Å². The van der Waals surface area contributed by atoms with Crippen molar-refractivity contribution >= 4 is 51.0 Å². The van der Waals surface area contributed by atoms with Crippen LogP contribution in [0.25, 0.3) is 0 Å². The van der Waals surface area contributed by atoms with Crippen LogP contribution in [0, 0.1) is 7.14 Å². The first-order chi connectivity index (χ1) is 9.51. The molecule has 2 aromatic rings. The summed E-state index contributed by atoms with van der Waals surface area (Å²) in [6, 6.07) is 8.65. The topological polar surface area (TPSA) is 48.3 Å². The molecule has 20 heavy (non-hydrogen) atoms. The summed E-state index contributed by atoms with van der Waals surface area (Å²) in [5.41, 5.74) is 0.416. The van der Waals surface area contributed by atoms with Gasteiger partial charge in [-0.15, -0.1) is 0 Å². The summed E-state index contributed by atoms with van der Waals surface area (Å²) in [5.74, 6) is 0.593. The molecule has 0 atom stereocenters. The molecule has 0 aliphatic heterocycles. The van der Waals surface area contributed by atoms with E-state index in [-0.39, 0.29) is 17.9 Å². The van der Waals surface area contributed by atoms with Gasteiger partial charge in [-0.3, -0.25) is 9.59 Å². The number of ketones is 1. The molecule has 0 bridgehead atoms. The van der Waals surface area contributed by atoms with E-state index in [1.54, 1.807) is 43.6 Å². The number of halogens is 2. The maximum Gasteiger partial charge on any atom is 0.264 e. The molecule has 0 aliphatic rings. The zero-order valence-electron chi connectivity index (χ0n) is 10.6. The van der Waals surface area contributed by atoms with Crippen molar-refractivity contribution in [3.8, 4) is 5.75 Å². The van der Waals surface area contributed by atoms with E-state index in [2.05, 4.69) is 22.6 Å². The molecule has 0 fully saturated rings. The summed E-state index contributed by atoms with van der Waals surface area (Å²) in [7, 11) is 1.57. The van der Waals surface area contributed by atoms with E-state index in [4.69, 9.17) is 4.74 Å². The van der Waals surface area contributed by atoms with Crippen LogP contribution in [0.4, 0.5) is 0 Å². The number of benzene rings is 1. The number of methoxy groups -OCH3 is 1. The Hall–Kier alpha value is -0.900. The minimum Gasteiger partial charge on any atom is -0.497 e. The predicted molar refractivity (Wildman–Crippen MR) is 93.5 cm³/mol. The van der Waals surface area contributed by atoms with E-state index in [0.717, 1.165) is 3.57 Å². The molecule has 0 amide bonds. The van der Waals surface area contributed by atoms with Crippen LogP contribution in [-0.4, -0.2) is 17.5 Å². The number of carbonyl (C=O) groups is 1. The van der Waals surface area contributed by atoms with Crippen molar-refractivity contribution < 1.29 is 9.53 Å². The standard InChI is InChI=1S/C14H11I2NO3/c1-20-11-4-2-9(3-5-11)13(18)8-17-7-10(15)6-12(16)14(17)19/h2-7H,8H2,1H3. The Morgan fingerprint density at radius 3 is 2.50 bits per heavy atom. The molecule has 6 heteroatoms. The summed E-state index contributed by atoms with van der Waals surface area (Å²) >= 11 is 4.11. The smallest absolute Gasteiger partial charge is 0.264 e. The summed E-state index contributed by atoms with van der Waals surface area (Å²) in [6.45, 7) is 0.0397. The van der Waals surface area contributed by atoms with Crippen LogP contribution < -0.4 is 10.3 Å². The highest BCUT2D eigenvalue weighted by Crippen LogP contribution is 2.13. The Bertz CT molecular complexity index is 693. The van der Waals surface area contributed by atoms with Crippen molar-refractivity contribution in [3.05, 3.63) is 59.6 Å². The second-order valence-corrected chi connectivity index (χ2v) is 6.50. The third-order valence-electron chi connectivity index (χ3n) is 2.73. The van der Waals surface area contributed by atoms with Gasteiger partial charge in [0.25, 0.3) is 5.56 Å². The number of rotatable bonds is 4. The van der Waals surface area contributed by atoms with E-state index in [1.807, 2.05) is 22.6 Å². The molecular formula is C14H11I2NO3. The fraction of sp³-hybridized carbons (Fsp3) is 0.143. The number of nitrogens with zero attached hydrogens (tertiary/aromatic N) is 1. The maximum absolute atomic E-state index is 12.2. The lowest BCUT2D eigenvalue weighted by Gasteiger charge is -2.07. The van der Waals surface area contributed by atoms with Gasteiger partial charge in [0.15, 0.2) is 5.78 Å². The van der Waals surface area contributed by atoms with Gasteiger partial charge in [-0.2, -0.15) is 0 Å². The van der Waals surface area contributed by atoms with Crippen LogP contribution in [0.5, 0.6) is 5.75 Å². The molecular weight excluding hydrogens is 484 g/mol. The lowest BCUT2D eigenvalue weighted by molar-refractivity contribution is 0.0970. The van der Waals surface area contributed by atoms with Gasteiger partial charge in [0.2, 0.25) is 0 Å². The Morgan fingerprint density at radius 2 is 1.90 bits per heavy atom. The van der Waals surface area contributed by atoms with E-state index in [1.165, 1.54) is 4.57 Å². The van der Waals surface area contributed by atoms with Gasteiger partial charge < -0.3 is 9.30 Å². The monoisotopic (exact) mass is 495 g/mol. The zero-order valence-corrected chi connectivity index (χ0v) is 14.9. The van der Waals surface area contributed by atoms with Gasteiger partial charge in [0, 0.05) is 15.3 Å². The highest BCUT2D eigenvalue weighted by Gasteiger charge is 2.10. The summed E-state index contributed by atoms with van der Waals surface area (Å²) in [5, 5.41) is 0. The largest absolute Gasteiger partial charge is 0.497 e. The van der Waals surface area contributed by atoms with E-state index < -0.39 is 0 Å². The number of Topliss-reactive ketones (excluding diaryl/α,β-unsaturated/α-hetero) is 1. The van der Waals surface area contributed by atoms with Crippen LogP contribution in [0.1, 0.15) is 10.4 Å². The molecule has 0 spiro atoms. The molecule has 2 rings (SSSR count). The molecule has 1 aromatic heterocycles. The second-order valence-electron chi connectivity index (χ2n) is 4.09. The first kappa shape index (κ1) is 15.5. The molecule has 0 N–H and O–H groups in total. The molecule has 0 saturated carbocycles. The molecule has 4 nitrogen and oxygen atoms in total. The number of hydrogen-bond acceptors (Lipinski definition) is 3. The minimum absolute atomic E-state index is 0.0397. The molecule has 0 radical (unpaired) electrons. The Morgan fingerprint density at radius 1 is 1.25 bits per heavy atom. The van der Waals surface area contributed by atoms with Gasteiger partial charge in [-0.25, -0.2) is 0 Å². The third-order valence-corrected chi connectivity index (χ3v) is 4.10. The van der Waals surface area contributed by atoms with E-state index in [0.29, 0.717) is 14.9 Å². The van der Waals surface area contributed by atoms with Crippen LogP contribution >= 0.6 is 45.2 Å². The third kappa shape index (κ3) is 3.60. The second kappa shape index (κ2) is 6.70. The van der Waals surface area contributed by atoms with Crippen molar-refractivity contribution in [1.82, 2.24) is 4.57 Å². The number of hydrogen-bond donors (Lipinski definition) is 0. The minimum atomic E-state index is -0.145. The number of aromatic nitrogens is 1. The zero-order chi connectivity index (χ0) is 14.7. The van der Waals surface area contributed by atoms with Crippen molar-refractivity contribution in [3.63, 3.8) is 0 Å². The Labute approximate surface area is 143 Å². The molecule has 0 unspecified atom stereocenters. The van der Waals surface area contributed by atoms with Gasteiger partial charge in [0.1, 0.15) is 5.75 Å². The van der Waals surface area contributed by atoms with Gasteiger partial charge in [-0.05, 0) is 75.5 Å². The molecule has 1 aromatic carbocycles. The van der Waals surface area contributed by atoms with Crippen LogP contribution in [-0.2, 0) is 6.54 Å². The SMILES string of the molecule is COc1ccc(C(=O)Cn2cc(I)cc(I)c2=O)cc1. The Balaban J connectivity index is 2.25. The first-order valence-corrected chi connectivity index (χ1v) is 7.90.